The number of nitrogens with zero attached hydrogens (tertiary/aromatic N) is 2. The highest BCUT2D eigenvalue weighted by atomic mass is 35.5. The number of aromatic hydroxyl groups is 1. The van der Waals surface area contributed by atoms with E-state index in [1.807, 2.05) is 4.98 Å². The summed E-state index contributed by atoms with van der Waals surface area (Å²) in [5.74, 6) is -0.538. The Balaban J connectivity index is 1.78. The van der Waals surface area contributed by atoms with Gasteiger partial charge in [0.2, 0.25) is 11.7 Å². The van der Waals surface area contributed by atoms with Crippen molar-refractivity contribution in [3.8, 4) is 5.75 Å². The molecule has 0 saturated carbocycles. The van der Waals surface area contributed by atoms with Gasteiger partial charge in [-0.3, -0.25) is 14.6 Å². The molecule has 2 rings (SSSR count). The second-order valence-corrected chi connectivity index (χ2v) is 4.94. The van der Waals surface area contributed by atoms with Crippen molar-refractivity contribution in [2.75, 3.05) is 11.9 Å². The first-order valence-corrected chi connectivity index (χ1v) is 7.07. The fraction of sp³-hybridized carbons (Fsp3) is 0.154. The molecule has 24 heavy (non-hydrogen) atoms. The Morgan fingerprint density at radius 3 is 2.92 bits per heavy atom. The number of hydrogen-bond donors (Lipinski definition) is 5. The minimum absolute atomic E-state index is 0.0217. The zero-order valence-corrected chi connectivity index (χ0v) is 12.9. The number of benzene rings is 1. The Kier molecular flexibility index (Phi) is 5.68. The molecule has 0 saturated heterocycles. The van der Waals surface area contributed by atoms with Gasteiger partial charge in [0.1, 0.15) is 5.75 Å². The van der Waals surface area contributed by atoms with Crippen LogP contribution in [0.1, 0.15) is 12.0 Å². The van der Waals surface area contributed by atoms with E-state index in [4.69, 9.17) is 11.6 Å². The Morgan fingerprint density at radius 1 is 1.42 bits per heavy atom. The summed E-state index contributed by atoms with van der Waals surface area (Å²) in [7, 11) is 0. The number of aromatic amines is 2. The lowest BCUT2D eigenvalue weighted by molar-refractivity contribution is -0.120. The molecule has 1 aromatic heterocycles. The fourth-order valence-electron chi connectivity index (χ4n) is 1.60. The van der Waals surface area contributed by atoms with Gasteiger partial charge in [-0.25, -0.2) is 15.3 Å². The molecule has 2 aromatic rings. The average Bonchev–Trinajstić information content (AvgIpc) is 2.53. The molecular weight excluding hydrogens is 340 g/mol. The van der Waals surface area contributed by atoms with E-state index in [1.165, 1.54) is 18.3 Å². The molecular formula is C13H13ClN6O4. The number of nitrogens with one attached hydrogen (secondary N) is 4. The fourth-order valence-corrected chi connectivity index (χ4v) is 1.79. The normalized spacial score (nSPS) is 10.7. The SMILES string of the molecule is O=C(CCNc1n[nH]c(=O)[nH]c1=O)N/N=C/c1ccc(O)c(Cl)c1. The molecule has 1 amide bonds. The number of H-pyrrole nitrogens is 2. The standard InChI is InChI=1S/C13H13ClN6O4/c14-8-5-7(1-2-9(8)21)6-16-18-10(22)3-4-15-11-12(23)17-13(24)20-19-11/h1-2,5-6,21H,3-4H2,(H,15,19)(H,18,22)(H2,17,20,23,24)/b16-6+. The predicted molar refractivity (Wildman–Crippen MR) is 87.4 cm³/mol. The second-order valence-electron chi connectivity index (χ2n) is 4.54. The summed E-state index contributed by atoms with van der Waals surface area (Å²) < 4.78 is 0. The van der Waals surface area contributed by atoms with Crippen molar-refractivity contribution in [2.45, 2.75) is 6.42 Å². The van der Waals surface area contributed by atoms with Gasteiger partial charge in [0, 0.05) is 13.0 Å². The van der Waals surface area contributed by atoms with Crippen LogP contribution in [-0.4, -0.2) is 39.0 Å². The van der Waals surface area contributed by atoms with Gasteiger partial charge in [0.15, 0.2) is 0 Å². The number of halogens is 1. The van der Waals surface area contributed by atoms with Crippen LogP contribution >= 0.6 is 11.6 Å². The predicted octanol–water partition coefficient (Wildman–Crippen LogP) is -0.231. The Bertz CT molecular complexity index is 875. The maximum atomic E-state index is 11.6. The van der Waals surface area contributed by atoms with Crippen LogP contribution in [0, 0.1) is 0 Å². The molecule has 126 valence electrons. The Hall–Kier alpha value is -3.14. The lowest BCUT2D eigenvalue weighted by Gasteiger charge is -2.03. The third-order valence-electron chi connectivity index (χ3n) is 2.73. The van der Waals surface area contributed by atoms with Crippen LogP contribution in [0.4, 0.5) is 5.82 Å². The van der Waals surface area contributed by atoms with Crippen LogP contribution < -0.4 is 22.0 Å². The quantitative estimate of drug-likeness (QED) is 0.357. The van der Waals surface area contributed by atoms with Gasteiger partial charge in [-0.1, -0.05) is 11.6 Å². The highest BCUT2D eigenvalue weighted by molar-refractivity contribution is 6.32. The average molecular weight is 353 g/mol. The number of hydrazone groups is 1. The van der Waals surface area contributed by atoms with E-state index < -0.39 is 17.2 Å². The van der Waals surface area contributed by atoms with Crippen LogP contribution in [-0.2, 0) is 4.79 Å². The minimum atomic E-state index is -0.716. The maximum absolute atomic E-state index is 11.6. The smallest absolute Gasteiger partial charge is 0.342 e. The number of amides is 1. The molecule has 0 aliphatic rings. The largest absolute Gasteiger partial charge is 0.506 e. The zero-order valence-electron chi connectivity index (χ0n) is 12.2. The molecule has 0 bridgehead atoms. The van der Waals surface area contributed by atoms with Crippen LogP contribution in [0.3, 0.4) is 0 Å². The molecule has 0 unspecified atom stereocenters. The summed E-state index contributed by atoms with van der Waals surface area (Å²) in [5.41, 5.74) is 1.50. The van der Waals surface area contributed by atoms with Crippen molar-refractivity contribution in [3.05, 3.63) is 49.6 Å². The first-order valence-electron chi connectivity index (χ1n) is 6.69. The Morgan fingerprint density at radius 2 is 2.21 bits per heavy atom. The number of anilines is 1. The van der Waals surface area contributed by atoms with Crippen molar-refractivity contribution < 1.29 is 9.90 Å². The summed E-state index contributed by atoms with van der Waals surface area (Å²) in [6.07, 6.45) is 1.39. The topological polar surface area (TPSA) is 152 Å². The van der Waals surface area contributed by atoms with E-state index in [2.05, 4.69) is 26.0 Å². The zero-order chi connectivity index (χ0) is 17.5. The van der Waals surface area contributed by atoms with E-state index in [-0.39, 0.29) is 29.6 Å². The van der Waals surface area contributed by atoms with Crippen molar-refractivity contribution in [2.24, 2.45) is 5.10 Å². The molecule has 0 atom stereocenters. The molecule has 0 spiro atoms. The third-order valence-corrected chi connectivity index (χ3v) is 3.03. The van der Waals surface area contributed by atoms with E-state index >= 15 is 0 Å². The van der Waals surface area contributed by atoms with E-state index in [9.17, 15) is 19.5 Å². The molecule has 10 nitrogen and oxygen atoms in total. The van der Waals surface area contributed by atoms with Gasteiger partial charge >= 0.3 is 5.69 Å². The molecule has 0 radical (unpaired) electrons. The summed E-state index contributed by atoms with van der Waals surface area (Å²) in [4.78, 5) is 35.7. The van der Waals surface area contributed by atoms with Gasteiger partial charge in [-0.05, 0) is 23.8 Å². The summed E-state index contributed by atoms with van der Waals surface area (Å²) >= 11 is 5.74. The van der Waals surface area contributed by atoms with Gasteiger partial charge in [-0.15, -0.1) is 5.10 Å². The first kappa shape index (κ1) is 17.2. The number of phenolic OH excluding ortho intramolecular Hbond substituents is 1. The molecule has 1 heterocycles. The monoisotopic (exact) mass is 352 g/mol. The van der Waals surface area contributed by atoms with Crippen molar-refractivity contribution >= 4 is 29.5 Å². The molecule has 11 heteroatoms. The summed E-state index contributed by atoms with van der Waals surface area (Å²) in [6, 6.07) is 4.47. The lowest BCUT2D eigenvalue weighted by Crippen LogP contribution is -2.28. The highest BCUT2D eigenvalue weighted by Gasteiger charge is 2.04. The third kappa shape index (κ3) is 4.95. The van der Waals surface area contributed by atoms with Crippen molar-refractivity contribution in [1.29, 1.82) is 0 Å². The van der Waals surface area contributed by atoms with E-state index in [0.29, 0.717) is 5.56 Å². The number of phenols is 1. The first-order chi connectivity index (χ1) is 11.5. The Labute approximate surface area is 139 Å². The molecule has 1 aromatic carbocycles. The molecule has 5 N–H and O–H groups in total. The second kappa shape index (κ2) is 7.92. The minimum Gasteiger partial charge on any atom is -0.506 e. The lowest BCUT2D eigenvalue weighted by atomic mass is 10.2. The van der Waals surface area contributed by atoms with Gasteiger partial charge in [-0.2, -0.15) is 5.10 Å². The number of aromatic nitrogens is 3. The van der Waals surface area contributed by atoms with Crippen LogP contribution in [0.2, 0.25) is 5.02 Å². The highest BCUT2D eigenvalue weighted by Crippen LogP contribution is 2.22. The number of carbonyl (C=O) groups is 1. The summed E-state index contributed by atoms with van der Waals surface area (Å²) in [6.45, 7) is 0.120. The van der Waals surface area contributed by atoms with E-state index in [0.717, 1.165) is 0 Å². The van der Waals surface area contributed by atoms with Crippen LogP contribution in [0.25, 0.3) is 0 Å². The van der Waals surface area contributed by atoms with Gasteiger partial charge in [0.05, 0.1) is 11.2 Å². The maximum Gasteiger partial charge on any atom is 0.342 e. The molecule has 0 fully saturated rings. The van der Waals surface area contributed by atoms with Crippen molar-refractivity contribution in [3.63, 3.8) is 0 Å². The molecule has 0 aliphatic heterocycles. The van der Waals surface area contributed by atoms with Crippen LogP contribution in [0.5, 0.6) is 5.75 Å². The van der Waals surface area contributed by atoms with E-state index in [1.54, 1.807) is 6.07 Å². The number of rotatable bonds is 6. The number of carbonyl (C=O) groups excluding carboxylic acids is 1. The van der Waals surface area contributed by atoms with Gasteiger partial charge in [0.25, 0.3) is 5.56 Å². The molecule has 0 aliphatic carbocycles. The number of hydrogen-bond acceptors (Lipinski definition) is 7. The van der Waals surface area contributed by atoms with Gasteiger partial charge < -0.3 is 10.4 Å². The van der Waals surface area contributed by atoms with Crippen LogP contribution in [0.15, 0.2) is 32.9 Å². The summed E-state index contributed by atoms with van der Waals surface area (Å²) in [5, 5.41) is 21.4. The van der Waals surface area contributed by atoms with Crippen molar-refractivity contribution in [1.82, 2.24) is 20.6 Å².